The third kappa shape index (κ3) is 6.71. The standard InChI is InChI=1S/C8H15F3N2O/c1-6(8(9,10)11)14-5-3-2-4-7(12)13/h6H,2-5H2,1H3,(H3,12,13). The van der Waals surface area contributed by atoms with Gasteiger partial charge in [-0.3, -0.25) is 5.41 Å². The van der Waals surface area contributed by atoms with Crippen molar-refractivity contribution in [1.29, 1.82) is 5.41 Å². The molecule has 0 saturated carbocycles. The van der Waals surface area contributed by atoms with E-state index in [0.717, 1.165) is 6.92 Å². The van der Waals surface area contributed by atoms with Crippen LogP contribution in [0.4, 0.5) is 13.2 Å². The van der Waals surface area contributed by atoms with Gasteiger partial charge in [0, 0.05) is 13.0 Å². The van der Waals surface area contributed by atoms with Crippen molar-refractivity contribution >= 4 is 5.84 Å². The SMILES string of the molecule is CC(OCCCCC(=N)N)C(F)(F)F. The molecule has 0 fully saturated rings. The van der Waals surface area contributed by atoms with Gasteiger partial charge in [0.05, 0.1) is 5.84 Å². The van der Waals surface area contributed by atoms with Gasteiger partial charge in [0.2, 0.25) is 0 Å². The molecule has 0 spiro atoms. The minimum Gasteiger partial charge on any atom is -0.388 e. The lowest BCUT2D eigenvalue weighted by Crippen LogP contribution is -2.28. The van der Waals surface area contributed by atoms with Crippen molar-refractivity contribution in [3.63, 3.8) is 0 Å². The van der Waals surface area contributed by atoms with Crippen LogP contribution in [-0.2, 0) is 4.74 Å². The molecule has 0 aromatic heterocycles. The Morgan fingerprint density at radius 3 is 2.43 bits per heavy atom. The van der Waals surface area contributed by atoms with Gasteiger partial charge in [-0.25, -0.2) is 0 Å². The van der Waals surface area contributed by atoms with E-state index in [1.165, 1.54) is 0 Å². The molecule has 0 radical (unpaired) electrons. The molecule has 0 bridgehead atoms. The maximum atomic E-state index is 11.9. The fraction of sp³-hybridized carbons (Fsp3) is 0.875. The Labute approximate surface area is 80.9 Å². The Balaban J connectivity index is 3.41. The van der Waals surface area contributed by atoms with E-state index in [1.807, 2.05) is 0 Å². The molecular weight excluding hydrogens is 197 g/mol. The molecule has 0 saturated heterocycles. The molecule has 0 heterocycles. The summed E-state index contributed by atoms with van der Waals surface area (Å²) in [4.78, 5) is 0. The molecule has 3 nitrogen and oxygen atoms in total. The Morgan fingerprint density at radius 2 is 2.00 bits per heavy atom. The van der Waals surface area contributed by atoms with Crippen LogP contribution in [0.5, 0.6) is 0 Å². The molecule has 84 valence electrons. The lowest BCUT2D eigenvalue weighted by molar-refractivity contribution is -0.214. The molecular formula is C8H15F3N2O. The van der Waals surface area contributed by atoms with E-state index < -0.39 is 12.3 Å². The Kier molecular flexibility index (Phi) is 5.52. The van der Waals surface area contributed by atoms with Gasteiger partial charge < -0.3 is 10.5 Å². The fourth-order valence-electron chi connectivity index (χ4n) is 0.772. The molecule has 0 rings (SSSR count). The van der Waals surface area contributed by atoms with Crippen molar-refractivity contribution in [1.82, 2.24) is 0 Å². The van der Waals surface area contributed by atoms with Gasteiger partial charge in [-0.2, -0.15) is 13.2 Å². The summed E-state index contributed by atoms with van der Waals surface area (Å²) in [6.45, 7) is 1.03. The summed E-state index contributed by atoms with van der Waals surface area (Å²) in [5.41, 5.74) is 5.07. The normalized spacial score (nSPS) is 14.0. The predicted octanol–water partition coefficient (Wildman–Crippen LogP) is 2.06. The van der Waals surface area contributed by atoms with Crippen LogP contribution < -0.4 is 5.73 Å². The highest BCUT2D eigenvalue weighted by Crippen LogP contribution is 2.22. The quantitative estimate of drug-likeness (QED) is 0.402. The van der Waals surface area contributed by atoms with Crippen LogP contribution in [0.1, 0.15) is 26.2 Å². The maximum Gasteiger partial charge on any atom is 0.414 e. The monoisotopic (exact) mass is 212 g/mol. The second-order valence-corrected chi connectivity index (χ2v) is 3.04. The first-order valence-electron chi connectivity index (χ1n) is 4.35. The van der Waals surface area contributed by atoms with Crippen LogP contribution in [0, 0.1) is 5.41 Å². The highest BCUT2D eigenvalue weighted by atomic mass is 19.4. The first kappa shape index (κ1) is 13.2. The van der Waals surface area contributed by atoms with Gasteiger partial charge in [0.25, 0.3) is 0 Å². The number of nitrogens with two attached hydrogens (primary N) is 1. The molecule has 0 aliphatic heterocycles. The van der Waals surface area contributed by atoms with Crippen LogP contribution in [0.3, 0.4) is 0 Å². The molecule has 0 aliphatic carbocycles. The molecule has 14 heavy (non-hydrogen) atoms. The number of ether oxygens (including phenoxy) is 1. The van der Waals surface area contributed by atoms with Crippen LogP contribution in [0.25, 0.3) is 0 Å². The van der Waals surface area contributed by atoms with Crippen molar-refractivity contribution in [3.05, 3.63) is 0 Å². The van der Waals surface area contributed by atoms with Crippen LogP contribution in [0.2, 0.25) is 0 Å². The second-order valence-electron chi connectivity index (χ2n) is 3.04. The summed E-state index contributed by atoms with van der Waals surface area (Å²) in [6.07, 6.45) is -4.54. The van der Waals surface area contributed by atoms with Crippen molar-refractivity contribution in [2.24, 2.45) is 5.73 Å². The lowest BCUT2D eigenvalue weighted by Gasteiger charge is -2.15. The van der Waals surface area contributed by atoms with E-state index in [0.29, 0.717) is 19.3 Å². The summed E-state index contributed by atoms with van der Waals surface area (Å²) < 4.78 is 40.3. The van der Waals surface area contributed by atoms with Crippen molar-refractivity contribution in [2.75, 3.05) is 6.61 Å². The molecule has 1 atom stereocenters. The average Bonchev–Trinajstić information content (AvgIpc) is 2.01. The van der Waals surface area contributed by atoms with E-state index in [4.69, 9.17) is 11.1 Å². The number of halogens is 3. The number of nitrogens with one attached hydrogen (secondary N) is 1. The number of alkyl halides is 3. The van der Waals surface area contributed by atoms with Crippen LogP contribution >= 0.6 is 0 Å². The minimum absolute atomic E-state index is 0.0496. The molecule has 0 amide bonds. The van der Waals surface area contributed by atoms with Crippen LogP contribution in [0.15, 0.2) is 0 Å². The molecule has 0 aromatic rings. The molecule has 1 unspecified atom stereocenters. The summed E-state index contributed by atoms with van der Waals surface area (Å²) in [5.74, 6) is 0.0499. The topological polar surface area (TPSA) is 59.1 Å². The van der Waals surface area contributed by atoms with Gasteiger partial charge in [-0.15, -0.1) is 0 Å². The van der Waals surface area contributed by atoms with E-state index in [9.17, 15) is 13.2 Å². The third-order valence-electron chi connectivity index (χ3n) is 1.67. The number of hydrogen-bond acceptors (Lipinski definition) is 2. The zero-order valence-electron chi connectivity index (χ0n) is 8.03. The highest BCUT2D eigenvalue weighted by molar-refractivity contribution is 5.76. The lowest BCUT2D eigenvalue weighted by atomic mass is 10.2. The second kappa shape index (κ2) is 5.85. The summed E-state index contributed by atoms with van der Waals surface area (Å²) >= 11 is 0. The summed E-state index contributed by atoms with van der Waals surface area (Å²) in [6, 6.07) is 0. The zero-order chi connectivity index (χ0) is 11.2. The van der Waals surface area contributed by atoms with E-state index in [2.05, 4.69) is 4.74 Å². The fourth-order valence-corrected chi connectivity index (χ4v) is 0.772. The van der Waals surface area contributed by atoms with Gasteiger partial charge in [0.1, 0.15) is 0 Å². The van der Waals surface area contributed by atoms with Crippen molar-refractivity contribution in [3.8, 4) is 0 Å². The first-order valence-corrected chi connectivity index (χ1v) is 4.35. The Bertz CT molecular complexity index is 182. The van der Waals surface area contributed by atoms with Crippen LogP contribution in [-0.4, -0.2) is 24.7 Å². The number of hydrogen-bond donors (Lipinski definition) is 2. The number of rotatable bonds is 6. The molecule has 0 aliphatic rings. The van der Waals surface area contributed by atoms with E-state index in [1.54, 1.807) is 0 Å². The summed E-state index contributed by atoms with van der Waals surface area (Å²) in [7, 11) is 0. The molecule has 3 N–H and O–H groups in total. The van der Waals surface area contributed by atoms with Crippen molar-refractivity contribution < 1.29 is 17.9 Å². The van der Waals surface area contributed by atoms with Gasteiger partial charge >= 0.3 is 6.18 Å². The highest BCUT2D eigenvalue weighted by Gasteiger charge is 2.36. The Morgan fingerprint density at radius 1 is 1.43 bits per heavy atom. The van der Waals surface area contributed by atoms with Gasteiger partial charge in [-0.05, 0) is 19.8 Å². The maximum absolute atomic E-state index is 11.9. The predicted molar refractivity (Wildman–Crippen MR) is 47.2 cm³/mol. The van der Waals surface area contributed by atoms with Gasteiger partial charge in [0.15, 0.2) is 6.10 Å². The number of unbranched alkanes of at least 4 members (excludes halogenated alkanes) is 1. The molecule has 0 aromatic carbocycles. The largest absolute Gasteiger partial charge is 0.414 e. The first-order chi connectivity index (χ1) is 6.34. The molecule has 6 heteroatoms. The third-order valence-corrected chi connectivity index (χ3v) is 1.67. The number of amidine groups is 1. The summed E-state index contributed by atoms with van der Waals surface area (Å²) in [5, 5.41) is 6.87. The zero-order valence-corrected chi connectivity index (χ0v) is 8.03. The average molecular weight is 212 g/mol. The Hall–Kier alpha value is -0.780. The van der Waals surface area contributed by atoms with E-state index >= 15 is 0 Å². The van der Waals surface area contributed by atoms with Gasteiger partial charge in [-0.1, -0.05) is 0 Å². The minimum atomic E-state index is -4.29. The smallest absolute Gasteiger partial charge is 0.388 e. The van der Waals surface area contributed by atoms with Crippen molar-refractivity contribution in [2.45, 2.75) is 38.5 Å². The van der Waals surface area contributed by atoms with E-state index in [-0.39, 0.29) is 12.4 Å².